The maximum absolute atomic E-state index is 12.1. The highest BCUT2D eigenvalue weighted by Crippen LogP contribution is 2.17. The average molecular weight is 282 g/mol. The van der Waals surface area contributed by atoms with Crippen LogP contribution in [0.5, 0.6) is 0 Å². The number of nitrogens with two attached hydrogens (primary N) is 1. The zero-order chi connectivity index (χ0) is 15.4. The SMILES string of the molecule is Cc1cc(NC(=O)C(NC(N)=O)C(C)C)c(C(=O)O)[nH]1. The van der Waals surface area contributed by atoms with E-state index in [1.165, 1.54) is 6.07 Å². The van der Waals surface area contributed by atoms with Crippen molar-refractivity contribution in [2.75, 3.05) is 5.32 Å². The van der Waals surface area contributed by atoms with Crippen LogP contribution in [0.4, 0.5) is 10.5 Å². The third-order valence-corrected chi connectivity index (χ3v) is 2.67. The summed E-state index contributed by atoms with van der Waals surface area (Å²) in [6.07, 6.45) is 0. The Morgan fingerprint density at radius 3 is 2.40 bits per heavy atom. The zero-order valence-electron chi connectivity index (χ0n) is 11.5. The summed E-state index contributed by atoms with van der Waals surface area (Å²) in [7, 11) is 0. The van der Waals surface area contributed by atoms with Gasteiger partial charge in [0.1, 0.15) is 11.7 Å². The van der Waals surface area contributed by atoms with Crippen LogP contribution in [0, 0.1) is 12.8 Å². The Balaban J connectivity index is 2.93. The Morgan fingerprint density at radius 2 is 1.95 bits per heavy atom. The van der Waals surface area contributed by atoms with Crippen molar-refractivity contribution < 1.29 is 19.5 Å². The fraction of sp³-hybridized carbons (Fsp3) is 0.417. The van der Waals surface area contributed by atoms with Crippen molar-refractivity contribution >= 4 is 23.6 Å². The highest BCUT2D eigenvalue weighted by atomic mass is 16.4. The Morgan fingerprint density at radius 1 is 1.35 bits per heavy atom. The quantitative estimate of drug-likeness (QED) is 0.541. The molecule has 6 N–H and O–H groups in total. The largest absolute Gasteiger partial charge is 0.477 e. The number of primary amides is 1. The molecule has 0 saturated heterocycles. The number of hydrogen-bond acceptors (Lipinski definition) is 3. The summed E-state index contributed by atoms with van der Waals surface area (Å²) in [5, 5.41) is 13.8. The second-order valence-corrected chi connectivity index (χ2v) is 4.77. The number of aromatic nitrogens is 1. The van der Waals surface area contributed by atoms with Crippen molar-refractivity contribution in [3.8, 4) is 0 Å². The molecule has 1 atom stereocenters. The molecule has 8 nitrogen and oxygen atoms in total. The van der Waals surface area contributed by atoms with E-state index in [0.717, 1.165) is 0 Å². The molecule has 0 spiro atoms. The van der Waals surface area contributed by atoms with Crippen molar-refractivity contribution in [3.63, 3.8) is 0 Å². The third-order valence-electron chi connectivity index (χ3n) is 2.67. The van der Waals surface area contributed by atoms with Crippen LogP contribution in [0.1, 0.15) is 30.0 Å². The number of urea groups is 1. The molecule has 110 valence electrons. The Hall–Kier alpha value is -2.51. The van der Waals surface area contributed by atoms with Gasteiger partial charge in [0.15, 0.2) is 0 Å². The number of rotatable bonds is 5. The maximum Gasteiger partial charge on any atom is 0.354 e. The Bertz CT molecular complexity index is 536. The lowest BCUT2D eigenvalue weighted by Crippen LogP contribution is -2.49. The topological polar surface area (TPSA) is 137 Å². The predicted octanol–water partition coefficient (Wildman–Crippen LogP) is 0.653. The van der Waals surface area contributed by atoms with E-state index in [2.05, 4.69) is 15.6 Å². The van der Waals surface area contributed by atoms with Crippen molar-refractivity contribution in [1.82, 2.24) is 10.3 Å². The monoisotopic (exact) mass is 282 g/mol. The maximum atomic E-state index is 12.1. The molecule has 0 saturated carbocycles. The summed E-state index contributed by atoms with van der Waals surface area (Å²) in [6.45, 7) is 5.14. The first kappa shape index (κ1) is 15.5. The first-order valence-electron chi connectivity index (χ1n) is 6.02. The first-order valence-corrected chi connectivity index (χ1v) is 6.02. The summed E-state index contributed by atoms with van der Waals surface area (Å²) >= 11 is 0. The molecule has 1 aromatic rings. The van der Waals surface area contributed by atoms with E-state index in [4.69, 9.17) is 10.8 Å². The van der Waals surface area contributed by atoms with Crippen molar-refractivity contribution in [2.24, 2.45) is 11.7 Å². The van der Waals surface area contributed by atoms with Gasteiger partial charge in [-0.05, 0) is 18.9 Å². The van der Waals surface area contributed by atoms with Crippen LogP contribution in [0.15, 0.2) is 6.07 Å². The molecule has 8 heteroatoms. The van der Waals surface area contributed by atoms with Crippen molar-refractivity contribution in [3.05, 3.63) is 17.5 Å². The lowest BCUT2D eigenvalue weighted by atomic mass is 10.0. The molecule has 1 unspecified atom stereocenters. The van der Waals surface area contributed by atoms with Gasteiger partial charge < -0.3 is 26.5 Å². The molecule has 0 bridgehead atoms. The number of carbonyl (C=O) groups is 3. The van der Waals surface area contributed by atoms with Gasteiger partial charge in [-0.1, -0.05) is 13.8 Å². The Kier molecular flexibility index (Phi) is 4.73. The smallest absolute Gasteiger partial charge is 0.354 e. The number of hydrogen-bond donors (Lipinski definition) is 5. The minimum Gasteiger partial charge on any atom is -0.477 e. The normalized spacial score (nSPS) is 12.0. The number of aromatic carboxylic acids is 1. The molecule has 20 heavy (non-hydrogen) atoms. The van der Waals surface area contributed by atoms with E-state index in [9.17, 15) is 14.4 Å². The van der Waals surface area contributed by atoms with Gasteiger partial charge in [0.25, 0.3) is 0 Å². The van der Waals surface area contributed by atoms with E-state index < -0.39 is 23.9 Å². The molecule has 1 aromatic heterocycles. The van der Waals surface area contributed by atoms with Gasteiger partial charge >= 0.3 is 12.0 Å². The fourth-order valence-corrected chi connectivity index (χ4v) is 1.76. The van der Waals surface area contributed by atoms with Crippen LogP contribution < -0.4 is 16.4 Å². The summed E-state index contributed by atoms with van der Waals surface area (Å²) < 4.78 is 0. The summed E-state index contributed by atoms with van der Waals surface area (Å²) in [4.78, 5) is 36.6. The molecular weight excluding hydrogens is 264 g/mol. The summed E-state index contributed by atoms with van der Waals surface area (Å²) in [5.41, 5.74) is 5.65. The molecule has 0 aromatic carbocycles. The highest BCUT2D eigenvalue weighted by Gasteiger charge is 2.25. The lowest BCUT2D eigenvalue weighted by Gasteiger charge is -2.20. The van der Waals surface area contributed by atoms with Crippen molar-refractivity contribution in [2.45, 2.75) is 26.8 Å². The number of aromatic amines is 1. The molecule has 0 fully saturated rings. The average Bonchev–Trinajstić information content (AvgIpc) is 2.66. The molecule has 0 aliphatic carbocycles. The summed E-state index contributed by atoms with van der Waals surface area (Å²) in [5.74, 6) is -1.91. The standard InChI is InChI=1S/C12H18N4O4/c1-5(2)8(16-12(13)20)10(17)15-7-4-6(3)14-9(7)11(18)19/h4-5,8,14H,1-3H3,(H,15,17)(H,18,19)(H3,13,16,20). The molecule has 0 aliphatic rings. The van der Waals surface area contributed by atoms with Crippen LogP contribution in [0.3, 0.4) is 0 Å². The third kappa shape index (κ3) is 3.74. The van der Waals surface area contributed by atoms with Gasteiger partial charge in [-0.3, -0.25) is 4.79 Å². The highest BCUT2D eigenvalue weighted by molar-refractivity contribution is 6.02. The van der Waals surface area contributed by atoms with Gasteiger partial charge in [0.2, 0.25) is 5.91 Å². The molecule has 1 heterocycles. The number of nitrogens with one attached hydrogen (secondary N) is 3. The zero-order valence-corrected chi connectivity index (χ0v) is 11.5. The molecule has 1 rings (SSSR count). The number of carboxylic acid groups (broad SMARTS) is 1. The van der Waals surface area contributed by atoms with Crippen LogP contribution in [0.25, 0.3) is 0 Å². The predicted molar refractivity (Wildman–Crippen MR) is 72.5 cm³/mol. The number of carboxylic acids is 1. The number of aryl methyl sites for hydroxylation is 1. The van der Waals surface area contributed by atoms with E-state index in [1.54, 1.807) is 20.8 Å². The number of H-pyrrole nitrogens is 1. The second kappa shape index (κ2) is 6.09. The van der Waals surface area contributed by atoms with Gasteiger partial charge in [-0.2, -0.15) is 0 Å². The number of carbonyl (C=O) groups excluding carboxylic acids is 2. The van der Waals surface area contributed by atoms with Gasteiger partial charge in [-0.15, -0.1) is 0 Å². The van der Waals surface area contributed by atoms with E-state index >= 15 is 0 Å². The molecule has 0 radical (unpaired) electrons. The van der Waals surface area contributed by atoms with E-state index in [-0.39, 0.29) is 17.3 Å². The second-order valence-electron chi connectivity index (χ2n) is 4.77. The Labute approximate surface area is 115 Å². The van der Waals surface area contributed by atoms with E-state index in [0.29, 0.717) is 5.69 Å². The van der Waals surface area contributed by atoms with Crippen LogP contribution in [0.2, 0.25) is 0 Å². The minimum absolute atomic E-state index is 0.113. The van der Waals surface area contributed by atoms with E-state index in [1.807, 2.05) is 0 Å². The van der Waals surface area contributed by atoms with Gasteiger partial charge in [-0.25, -0.2) is 9.59 Å². The van der Waals surface area contributed by atoms with Crippen LogP contribution in [-0.4, -0.2) is 34.0 Å². The number of anilines is 1. The summed E-state index contributed by atoms with van der Waals surface area (Å²) in [6, 6.07) is -0.157. The van der Waals surface area contributed by atoms with Gasteiger partial charge in [0, 0.05) is 5.69 Å². The minimum atomic E-state index is -1.18. The van der Waals surface area contributed by atoms with Crippen LogP contribution >= 0.6 is 0 Å². The lowest BCUT2D eigenvalue weighted by molar-refractivity contribution is -0.118. The molecular formula is C12H18N4O4. The van der Waals surface area contributed by atoms with Crippen LogP contribution in [-0.2, 0) is 4.79 Å². The fourth-order valence-electron chi connectivity index (χ4n) is 1.76. The first-order chi connectivity index (χ1) is 9.22. The molecule has 0 aliphatic heterocycles. The molecule has 3 amide bonds. The van der Waals surface area contributed by atoms with Gasteiger partial charge in [0.05, 0.1) is 5.69 Å². The number of amides is 3. The van der Waals surface area contributed by atoms with Crippen molar-refractivity contribution in [1.29, 1.82) is 0 Å².